The second-order valence-corrected chi connectivity index (χ2v) is 4.02. The van der Waals surface area contributed by atoms with E-state index < -0.39 is 0 Å². The maximum atomic E-state index is 11.2. The molecule has 1 saturated carbocycles. The summed E-state index contributed by atoms with van der Waals surface area (Å²) in [7, 11) is 1.75. The molecule has 1 aliphatic heterocycles. The number of carbonyl (C=O) groups excluding carboxylic acids is 1. The Morgan fingerprint density at radius 1 is 1.31 bits per heavy atom. The van der Waals surface area contributed by atoms with Crippen LogP contribution in [-0.4, -0.2) is 23.7 Å². The number of hydrogen-bond donors (Lipinski definition) is 0. The van der Waals surface area contributed by atoms with Gasteiger partial charge in [0.15, 0.2) is 0 Å². The molecule has 0 saturated heterocycles. The Morgan fingerprint density at radius 2 is 2.00 bits per heavy atom. The first-order chi connectivity index (χ1) is 6.27. The molecule has 0 radical (unpaired) electrons. The van der Waals surface area contributed by atoms with Crippen LogP contribution in [0.1, 0.15) is 38.5 Å². The SMILES string of the molecule is CN1N=C(C2CCCCC2)CC1=O. The molecular formula is C10H16N2O. The Morgan fingerprint density at radius 3 is 2.54 bits per heavy atom. The summed E-state index contributed by atoms with van der Waals surface area (Å²) in [6.45, 7) is 0. The Balaban J connectivity index is 2.00. The van der Waals surface area contributed by atoms with Gasteiger partial charge in [-0.05, 0) is 18.8 Å². The van der Waals surface area contributed by atoms with Crippen molar-refractivity contribution in [2.45, 2.75) is 38.5 Å². The molecule has 1 fully saturated rings. The van der Waals surface area contributed by atoms with Crippen molar-refractivity contribution in [3.63, 3.8) is 0 Å². The van der Waals surface area contributed by atoms with Crippen LogP contribution in [0, 0.1) is 5.92 Å². The first-order valence-electron chi connectivity index (χ1n) is 5.11. The molecule has 3 nitrogen and oxygen atoms in total. The molecule has 1 aliphatic carbocycles. The standard InChI is InChI=1S/C10H16N2O/c1-12-10(13)7-9(11-12)8-5-3-2-4-6-8/h8H,2-7H2,1H3. The average Bonchev–Trinajstić information content (AvgIpc) is 2.49. The van der Waals surface area contributed by atoms with Crippen LogP contribution >= 0.6 is 0 Å². The fraction of sp³-hybridized carbons (Fsp3) is 0.800. The number of carbonyl (C=O) groups is 1. The molecular weight excluding hydrogens is 164 g/mol. The smallest absolute Gasteiger partial charge is 0.248 e. The summed E-state index contributed by atoms with van der Waals surface area (Å²) in [4.78, 5) is 11.2. The zero-order valence-corrected chi connectivity index (χ0v) is 8.12. The summed E-state index contributed by atoms with van der Waals surface area (Å²) in [6, 6.07) is 0. The van der Waals surface area contributed by atoms with Crippen LogP contribution in [0.5, 0.6) is 0 Å². The van der Waals surface area contributed by atoms with E-state index in [-0.39, 0.29) is 5.91 Å². The van der Waals surface area contributed by atoms with Crippen molar-refractivity contribution in [3.05, 3.63) is 0 Å². The van der Waals surface area contributed by atoms with Crippen LogP contribution in [0.15, 0.2) is 5.10 Å². The van der Waals surface area contributed by atoms with Crippen molar-refractivity contribution in [1.82, 2.24) is 5.01 Å². The van der Waals surface area contributed by atoms with Gasteiger partial charge in [0, 0.05) is 7.05 Å². The van der Waals surface area contributed by atoms with Gasteiger partial charge in [0.1, 0.15) is 0 Å². The summed E-state index contributed by atoms with van der Waals surface area (Å²) in [5.74, 6) is 0.753. The third-order valence-corrected chi connectivity index (χ3v) is 3.05. The molecule has 1 amide bonds. The maximum absolute atomic E-state index is 11.2. The maximum Gasteiger partial charge on any atom is 0.248 e. The van der Waals surface area contributed by atoms with E-state index in [9.17, 15) is 4.79 Å². The third kappa shape index (κ3) is 1.74. The summed E-state index contributed by atoms with van der Waals surface area (Å²) in [6.07, 6.45) is 7.01. The molecule has 1 heterocycles. The number of amides is 1. The molecule has 13 heavy (non-hydrogen) atoms. The molecule has 0 atom stereocenters. The molecule has 0 bridgehead atoms. The number of rotatable bonds is 1. The van der Waals surface area contributed by atoms with Gasteiger partial charge in [-0.2, -0.15) is 5.10 Å². The van der Waals surface area contributed by atoms with Crippen molar-refractivity contribution in [2.24, 2.45) is 11.0 Å². The van der Waals surface area contributed by atoms with Crippen molar-refractivity contribution >= 4 is 11.6 Å². The van der Waals surface area contributed by atoms with E-state index in [1.807, 2.05) is 0 Å². The Bertz CT molecular complexity index is 241. The molecule has 0 spiro atoms. The Hall–Kier alpha value is -0.860. The van der Waals surface area contributed by atoms with Gasteiger partial charge < -0.3 is 0 Å². The molecule has 2 rings (SSSR count). The van der Waals surface area contributed by atoms with E-state index in [0.29, 0.717) is 12.3 Å². The molecule has 2 aliphatic rings. The number of hydrogen-bond acceptors (Lipinski definition) is 2. The van der Waals surface area contributed by atoms with Gasteiger partial charge in [0.05, 0.1) is 12.1 Å². The summed E-state index contributed by atoms with van der Waals surface area (Å²) in [5, 5.41) is 5.78. The lowest BCUT2D eigenvalue weighted by Crippen LogP contribution is -2.17. The molecule has 72 valence electrons. The third-order valence-electron chi connectivity index (χ3n) is 3.05. The van der Waals surface area contributed by atoms with Crippen molar-refractivity contribution in [2.75, 3.05) is 7.05 Å². The highest BCUT2D eigenvalue weighted by Gasteiger charge is 2.27. The minimum atomic E-state index is 0.153. The molecule has 0 N–H and O–H groups in total. The van der Waals surface area contributed by atoms with Crippen LogP contribution in [0.25, 0.3) is 0 Å². The van der Waals surface area contributed by atoms with E-state index in [0.717, 1.165) is 5.71 Å². The van der Waals surface area contributed by atoms with Gasteiger partial charge in [0.25, 0.3) is 0 Å². The lowest BCUT2D eigenvalue weighted by molar-refractivity contribution is -0.127. The van der Waals surface area contributed by atoms with Crippen LogP contribution in [0.4, 0.5) is 0 Å². The minimum absolute atomic E-state index is 0.153. The average molecular weight is 180 g/mol. The molecule has 0 aromatic heterocycles. The first-order valence-corrected chi connectivity index (χ1v) is 5.11. The van der Waals surface area contributed by atoms with Crippen LogP contribution < -0.4 is 0 Å². The Kier molecular flexibility index (Phi) is 2.34. The minimum Gasteiger partial charge on any atom is -0.273 e. The Labute approximate surface area is 78.8 Å². The van der Waals surface area contributed by atoms with Gasteiger partial charge in [0.2, 0.25) is 5.91 Å². The molecule has 3 heteroatoms. The predicted octanol–water partition coefficient (Wildman–Crippen LogP) is 1.78. The van der Waals surface area contributed by atoms with Crippen LogP contribution in [0.2, 0.25) is 0 Å². The van der Waals surface area contributed by atoms with Crippen molar-refractivity contribution < 1.29 is 4.79 Å². The summed E-state index contributed by atoms with van der Waals surface area (Å²) < 4.78 is 0. The first kappa shape index (κ1) is 8.73. The topological polar surface area (TPSA) is 32.7 Å². The number of hydrazone groups is 1. The molecule has 0 unspecified atom stereocenters. The number of nitrogens with zero attached hydrogens (tertiary/aromatic N) is 2. The lowest BCUT2D eigenvalue weighted by atomic mass is 9.85. The molecule has 0 aromatic carbocycles. The highest BCUT2D eigenvalue weighted by atomic mass is 16.2. The second-order valence-electron chi connectivity index (χ2n) is 4.02. The fourth-order valence-electron chi connectivity index (χ4n) is 2.21. The summed E-state index contributed by atoms with van der Waals surface area (Å²) >= 11 is 0. The van der Waals surface area contributed by atoms with Gasteiger partial charge in [-0.15, -0.1) is 0 Å². The van der Waals surface area contributed by atoms with Crippen molar-refractivity contribution in [1.29, 1.82) is 0 Å². The van der Waals surface area contributed by atoms with E-state index in [2.05, 4.69) is 5.10 Å². The zero-order chi connectivity index (χ0) is 9.26. The van der Waals surface area contributed by atoms with E-state index in [1.165, 1.54) is 37.1 Å². The van der Waals surface area contributed by atoms with E-state index in [4.69, 9.17) is 0 Å². The quantitative estimate of drug-likeness (QED) is 0.605. The predicted molar refractivity (Wildman–Crippen MR) is 51.4 cm³/mol. The second kappa shape index (κ2) is 3.48. The fourth-order valence-corrected chi connectivity index (χ4v) is 2.21. The monoisotopic (exact) mass is 180 g/mol. The highest BCUT2D eigenvalue weighted by molar-refractivity contribution is 6.05. The van der Waals surface area contributed by atoms with Crippen LogP contribution in [0.3, 0.4) is 0 Å². The van der Waals surface area contributed by atoms with E-state index >= 15 is 0 Å². The molecule has 0 aromatic rings. The van der Waals surface area contributed by atoms with Crippen LogP contribution in [-0.2, 0) is 4.79 Å². The summed E-state index contributed by atoms with van der Waals surface area (Å²) in [5.41, 5.74) is 1.13. The normalized spacial score (nSPS) is 25.2. The van der Waals surface area contributed by atoms with Gasteiger partial charge >= 0.3 is 0 Å². The lowest BCUT2D eigenvalue weighted by Gasteiger charge is -2.20. The van der Waals surface area contributed by atoms with Crippen molar-refractivity contribution in [3.8, 4) is 0 Å². The highest BCUT2D eigenvalue weighted by Crippen LogP contribution is 2.28. The van der Waals surface area contributed by atoms with E-state index in [1.54, 1.807) is 7.05 Å². The van der Waals surface area contributed by atoms with Gasteiger partial charge in [-0.3, -0.25) is 4.79 Å². The zero-order valence-electron chi connectivity index (χ0n) is 8.12. The van der Waals surface area contributed by atoms with Gasteiger partial charge in [-0.1, -0.05) is 19.3 Å². The largest absolute Gasteiger partial charge is 0.273 e. The van der Waals surface area contributed by atoms with Gasteiger partial charge in [-0.25, -0.2) is 5.01 Å².